The normalized spacial score (nSPS) is 21.3. The van der Waals surface area contributed by atoms with Gasteiger partial charge in [0.25, 0.3) is 5.91 Å². The molecule has 2 amide bonds. The molecule has 2 aliphatic rings. The van der Waals surface area contributed by atoms with Gasteiger partial charge in [0.1, 0.15) is 6.10 Å². The number of benzene rings is 1. The second-order valence-corrected chi connectivity index (χ2v) is 6.58. The smallest absolute Gasteiger partial charge is 0.251 e. The second-order valence-electron chi connectivity index (χ2n) is 6.58. The molecule has 0 N–H and O–H groups in total. The van der Waals surface area contributed by atoms with Gasteiger partial charge in [0.2, 0.25) is 5.91 Å². The summed E-state index contributed by atoms with van der Waals surface area (Å²) in [6.07, 6.45) is 1.55. The number of rotatable bonds is 5. The molecule has 2 saturated heterocycles. The molecule has 0 aliphatic carbocycles. The minimum absolute atomic E-state index is 0.104. The minimum Gasteiger partial charge on any atom is -0.368 e. The average molecular weight is 345 g/mol. The number of piperazine rings is 1. The zero-order valence-electron chi connectivity index (χ0n) is 14.9. The van der Waals surface area contributed by atoms with Gasteiger partial charge in [-0.05, 0) is 31.9 Å². The first-order valence-electron chi connectivity index (χ1n) is 9.17. The maximum absolute atomic E-state index is 12.7. The Morgan fingerprint density at radius 2 is 1.88 bits per heavy atom. The number of amides is 2. The van der Waals surface area contributed by atoms with E-state index in [0.29, 0.717) is 32.8 Å². The first-order valence-corrected chi connectivity index (χ1v) is 9.17. The van der Waals surface area contributed by atoms with E-state index in [1.165, 1.54) is 0 Å². The molecular weight excluding hydrogens is 318 g/mol. The van der Waals surface area contributed by atoms with Crippen LogP contribution in [0.3, 0.4) is 0 Å². The number of hydrogen-bond acceptors (Lipinski definition) is 4. The first-order chi connectivity index (χ1) is 12.2. The molecule has 0 radical (unpaired) electrons. The second kappa shape index (κ2) is 8.45. The summed E-state index contributed by atoms with van der Waals surface area (Å²) in [4.78, 5) is 30.8. The molecule has 2 fully saturated rings. The Balaban J connectivity index is 1.49. The summed E-state index contributed by atoms with van der Waals surface area (Å²) in [5.74, 6) is 0.218. The molecule has 6 heteroatoms. The Kier molecular flexibility index (Phi) is 6.04. The van der Waals surface area contributed by atoms with Crippen molar-refractivity contribution in [2.45, 2.75) is 25.9 Å². The molecular formula is C19H27N3O3. The topological polar surface area (TPSA) is 53.1 Å². The summed E-state index contributed by atoms with van der Waals surface area (Å²) in [7, 11) is 0. The molecule has 6 nitrogen and oxygen atoms in total. The van der Waals surface area contributed by atoms with Gasteiger partial charge in [0, 0.05) is 45.0 Å². The Bertz CT molecular complexity index is 579. The Hall–Kier alpha value is -1.92. The van der Waals surface area contributed by atoms with E-state index >= 15 is 0 Å². The van der Waals surface area contributed by atoms with Gasteiger partial charge in [-0.1, -0.05) is 18.2 Å². The molecule has 1 unspecified atom stereocenters. The quantitative estimate of drug-likeness (QED) is 0.809. The van der Waals surface area contributed by atoms with E-state index in [4.69, 9.17) is 4.74 Å². The maximum atomic E-state index is 12.7. The van der Waals surface area contributed by atoms with Gasteiger partial charge < -0.3 is 14.5 Å². The van der Waals surface area contributed by atoms with Crippen LogP contribution in [0.25, 0.3) is 0 Å². The molecule has 0 saturated carbocycles. The van der Waals surface area contributed by atoms with Crippen molar-refractivity contribution in [1.82, 2.24) is 9.80 Å². The molecule has 1 aromatic carbocycles. The molecule has 2 aliphatic heterocycles. The van der Waals surface area contributed by atoms with Gasteiger partial charge in [-0.25, -0.2) is 0 Å². The standard InChI is InChI=1S/C19H27N3O3/c1-2-22(16-7-4-3-5-8-16)18(23)15-20-10-12-21(13-11-20)19(24)17-9-6-14-25-17/h3-5,7-8,17H,2,6,9-15H2,1H3. The van der Waals surface area contributed by atoms with Crippen molar-refractivity contribution in [3.63, 3.8) is 0 Å². The molecule has 136 valence electrons. The van der Waals surface area contributed by atoms with Crippen LogP contribution in [0.4, 0.5) is 5.69 Å². The minimum atomic E-state index is -0.248. The first kappa shape index (κ1) is 17.9. The molecule has 2 heterocycles. The van der Waals surface area contributed by atoms with Gasteiger partial charge in [-0.3, -0.25) is 14.5 Å². The van der Waals surface area contributed by atoms with E-state index < -0.39 is 0 Å². The zero-order chi connectivity index (χ0) is 17.6. The average Bonchev–Trinajstić information content (AvgIpc) is 3.18. The van der Waals surface area contributed by atoms with E-state index in [1.54, 1.807) is 0 Å². The number of carbonyl (C=O) groups is 2. The van der Waals surface area contributed by atoms with Crippen LogP contribution in [-0.2, 0) is 14.3 Å². The number of likely N-dealkylation sites (N-methyl/N-ethyl adjacent to an activating group) is 1. The number of carbonyl (C=O) groups excluding carboxylic acids is 2. The highest BCUT2D eigenvalue weighted by atomic mass is 16.5. The lowest BCUT2D eigenvalue weighted by Gasteiger charge is -2.36. The lowest BCUT2D eigenvalue weighted by molar-refractivity contribution is -0.142. The maximum Gasteiger partial charge on any atom is 0.251 e. The van der Waals surface area contributed by atoms with E-state index in [9.17, 15) is 9.59 Å². The third-order valence-electron chi connectivity index (χ3n) is 4.93. The fraction of sp³-hybridized carbons (Fsp3) is 0.579. The van der Waals surface area contributed by atoms with Crippen molar-refractivity contribution >= 4 is 17.5 Å². The largest absolute Gasteiger partial charge is 0.368 e. The van der Waals surface area contributed by atoms with Crippen LogP contribution in [0.2, 0.25) is 0 Å². The summed E-state index contributed by atoms with van der Waals surface area (Å²) >= 11 is 0. The summed E-state index contributed by atoms with van der Waals surface area (Å²) in [6, 6.07) is 9.76. The molecule has 25 heavy (non-hydrogen) atoms. The van der Waals surface area contributed by atoms with Gasteiger partial charge in [-0.2, -0.15) is 0 Å². The van der Waals surface area contributed by atoms with E-state index in [0.717, 1.165) is 31.6 Å². The summed E-state index contributed by atoms with van der Waals surface area (Å²) < 4.78 is 5.49. The number of hydrogen-bond donors (Lipinski definition) is 0. The van der Waals surface area contributed by atoms with Gasteiger partial charge in [-0.15, -0.1) is 0 Å². The van der Waals surface area contributed by atoms with Crippen molar-refractivity contribution < 1.29 is 14.3 Å². The third-order valence-corrected chi connectivity index (χ3v) is 4.93. The van der Waals surface area contributed by atoms with E-state index in [2.05, 4.69) is 4.90 Å². The van der Waals surface area contributed by atoms with Crippen LogP contribution >= 0.6 is 0 Å². The van der Waals surface area contributed by atoms with Crippen molar-refractivity contribution in [3.8, 4) is 0 Å². The fourth-order valence-corrected chi connectivity index (χ4v) is 3.49. The molecule has 3 rings (SSSR count). The zero-order valence-corrected chi connectivity index (χ0v) is 14.9. The van der Waals surface area contributed by atoms with Crippen LogP contribution in [0.5, 0.6) is 0 Å². The summed E-state index contributed by atoms with van der Waals surface area (Å²) in [5, 5.41) is 0. The van der Waals surface area contributed by atoms with Crippen LogP contribution < -0.4 is 4.90 Å². The monoisotopic (exact) mass is 345 g/mol. The highest BCUT2D eigenvalue weighted by Crippen LogP contribution is 2.17. The Morgan fingerprint density at radius 3 is 2.48 bits per heavy atom. The van der Waals surface area contributed by atoms with Crippen molar-refractivity contribution in [3.05, 3.63) is 30.3 Å². The SMILES string of the molecule is CCN(C(=O)CN1CCN(C(=O)C2CCCO2)CC1)c1ccccc1. The molecule has 1 atom stereocenters. The third kappa shape index (κ3) is 4.38. The molecule has 0 bridgehead atoms. The predicted molar refractivity (Wildman–Crippen MR) is 96.5 cm³/mol. The van der Waals surface area contributed by atoms with Gasteiger partial charge in [0.05, 0.1) is 6.54 Å². The highest BCUT2D eigenvalue weighted by Gasteiger charge is 2.31. The van der Waals surface area contributed by atoms with E-state index in [1.807, 2.05) is 47.1 Å². The lowest BCUT2D eigenvalue weighted by atomic mass is 10.2. The Labute approximate surface area is 149 Å². The lowest BCUT2D eigenvalue weighted by Crippen LogP contribution is -2.53. The molecule has 0 aromatic heterocycles. The summed E-state index contributed by atoms with van der Waals surface area (Å²) in [6.45, 7) is 6.53. The molecule has 1 aromatic rings. The summed E-state index contributed by atoms with van der Waals surface area (Å²) in [5.41, 5.74) is 0.933. The van der Waals surface area contributed by atoms with Crippen LogP contribution in [-0.4, -0.2) is 73.6 Å². The number of nitrogens with zero attached hydrogens (tertiary/aromatic N) is 3. The van der Waals surface area contributed by atoms with Crippen LogP contribution in [0.15, 0.2) is 30.3 Å². The van der Waals surface area contributed by atoms with E-state index in [-0.39, 0.29) is 17.9 Å². The van der Waals surface area contributed by atoms with Gasteiger partial charge in [0.15, 0.2) is 0 Å². The number of anilines is 1. The Morgan fingerprint density at radius 1 is 1.16 bits per heavy atom. The highest BCUT2D eigenvalue weighted by molar-refractivity contribution is 5.94. The number of ether oxygens (including phenoxy) is 1. The predicted octanol–water partition coefficient (Wildman–Crippen LogP) is 1.36. The fourth-order valence-electron chi connectivity index (χ4n) is 3.49. The molecule has 0 spiro atoms. The number of para-hydroxylation sites is 1. The van der Waals surface area contributed by atoms with Gasteiger partial charge >= 0.3 is 0 Å². The van der Waals surface area contributed by atoms with Crippen LogP contribution in [0.1, 0.15) is 19.8 Å². The van der Waals surface area contributed by atoms with Crippen LogP contribution in [0, 0.1) is 0 Å². The van der Waals surface area contributed by atoms with Crippen molar-refractivity contribution in [2.24, 2.45) is 0 Å². The van der Waals surface area contributed by atoms with Crippen molar-refractivity contribution in [1.29, 1.82) is 0 Å². The van der Waals surface area contributed by atoms with Crippen molar-refractivity contribution in [2.75, 3.05) is 50.8 Å².